The van der Waals surface area contributed by atoms with E-state index in [0.29, 0.717) is 11.1 Å². The molecule has 2 N–H and O–H groups in total. The van der Waals surface area contributed by atoms with E-state index in [4.69, 9.17) is 28.9 Å². The highest BCUT2D eigenvalue weighted by molar-refractivity contribution is 5.85. The number of para-hydroxylation sites is 2. The summed E-state index contributed by atoms with van der Waals surface area (Å²) in [6, 6.07) is 11.3. The zero-order valence-corrected chi connectivity index (χ0v) is 25.2. The second-order valence-electron chi connectivity index (χ2n) is 13.2. The molecule has 8 nitrogen and oxygen atoms in total. The molecule has 40 heavy (non-hydrogen) atoms. The van der Waals surface area contributed by atoms with Crippen LogP contribution >= 0.6 is 0 Å². The minimum atomic E-state index is -1.27. The summed E-state index contributed by atoms with van der Waals surface area (Å²) >= 11 is 0. The van der Waals surface area contributed by atoms with Crippen molar-refractivity contribution in [3.8, 4) is 11.5 Å². The predicted molar refractivity (Wildman–Crippen MR) is 157 cm³/mol. The van der Waals surface area contributed by atoms with Crippen LogP contribution in [-0.2, 0) is 29.8 Å². The molecular weight excluding hydrogens is 508 g/mol. The standard InChI is InChI=1S/C32H44N2O6/c1-29(2,3)22-14-10-12-20(25(22)35)16-33-19-32(28(37-9)27-24(18-38-32)39-31(7,8)40-27)34-17-21-13-11-15-23(26(21)36)30(4,5)6/h10-17,24,27-28,35-36H,18-19H2,1-9H3/b33-16?,34-17+/t24-,27?,28?,32?/m0/s1. The molecule has 0 aromatic heterocycles. The van der Waals surface area contributed by atoms with Gasteiger partial charge in [-0.25, -0.2) is 0 Å². The molecule has 2 saturated heterocycles. The Balaban J connectivity index is 1.73. The van der Waals surface area contributed by atoms with Gasteiger partial charge in [0.05, 0.1) is 13.2 Å². The quantitative estimate of drug-likeness (QED) is 0.460. The van der Waals surface area contributed by atoms with E-state index in [-0.39, 0.29) is 41.6 Å². The number of benzene rings is 2. The summed E-state index contributed by atoms with van der Waals surface area (Å²) < 4.78 is 24.7. The van der Waals surface area contributed by atoms with Crippen LogP contribution in [0.3, 0.4) is 0 Å². The first-order valence-corrected chi connectivity index (χ1v) is 13.8. The van der Waals surface area contributed by atoms with E-state index in [0.717, 1.165) is 11.1 Å². The van der Waals surface area contributed by atoms with Gasteiger partial charge in [0, 0.05) is 30.7 Å². The molecular formula is C32H44N2O6. The van der Waals surface area contributed by atoms with Crippen molar-refractivity contribution in [3.63, 3.8) is 0 Å². The Morgan fingerprint density at radius 2 is 1.45 bits per heavy atom. The number of phenols is 2. The van der Waals surface area contributed by atoms with Gasteiger partial charge in [-0.05, 0) is 47.9 Å². The average molecular weight is 553 g/mol. The minimum absolute atomic E-state index is 0.0912. The number of nitrogens with zero attached hydrogens (tertiary/aromatic N) is 2. The van der Waals surface area contributed by atoms with E-state index >= 15 is 0 Å². The maximum Gasteiger partial charge on any atom is 0.207 e. The van der Waals surface area contributed by atoms with Crippen LogP contribution in [0.1, 0.15) is 77.6 Å². The fourth-order valence-corrected chi connectivity index (χ4v) is 5.41. The van der Waals surface area contributed by atoms with Gasteiger partial charge in [-0.1, -0.05) is 65.8 Å². The van der Waals surface area contributed by atoms with Crippen molar-refractivity contribution in [2.45, 2.75) is 96.0 Å². The molecule has 2 fully saturated rings. The first kappa shape index (κ1) is 30.2. The van der Waals surface area contributed by atoms with Crippen molar-refractivity contribution >= 4 is 12.4 Å². The fraction of sp³-hybridized carbons (Fsp3) is 0.562. The lowest BCUT2D eigenvalue weighted by atomic mass is 9.85. The van der Waals surface area contributed by atoms with Gasteiger partial charge in [0.2, 0.25) is 5.72 Å². The first-order valence-electron chi connectivity index (χ1n) is 13.8. The van der Waals surface area contributed by atoms with Gasteiger partial charge in [-0.3, -0.25) is 9.98 Å². The van der Waals surface area contributed by atoms with Gasteiger partial charge in [-0.2, -0.15) is 0 Å². The van der Waals surface area contributed by atoms with Crippen LogP contribution < -0.4 is 0 Å². The Kier molecular flexibility index (Phi) is 8.22. The Morgan fingerprint density at radius 1 is 0.900 bits per heavy atom. The number of fused-ring (bicyclic) bond motifs is 1. The summed E-state index contributed by atoms with van der Waals surface area (Å²) in [7, 11) is 1.59. The van der Waals surface area contributed by atoms with E-state index < -0.39 is 23.7 Å². The Morgan fingerprint density at radius 3 is 1.98 bits per heavy atom. The smallest absolute Gasteiger partial charge is 0.207 e. The third kappa shape index (κ3) is 6.10. The number of methoxy groups -OCH3 is 1. The number of hydrogen-bond donors (Lipinski definition) is 2. The molecule has 0 amide bonds. The maximum atomic E-state index is 11.1. The van der Waals surface area contributed by atoms with Gasteiger partial charge in [0.15, 0.2) is 5.79 Å². The van der Waals surface area contributed by atoms with E-state index in [9.17, 15) is 10.2 Å². The molecule has 0 radical (unpaired) electrons. The third-order valence-electron chi connectivity index (χ3n) is 7.44. The summed E-state index contributed by atoms with van der Waals surface area (Å²) in [5.41, 5.74) is 1.09. The number of aromatic hydroxyl groups is 2. The van der Waals surface area contributed by atoms with Crippen molar-refractivity contribution in [1.82, 2.24) is 0 Å². The molecule has 0 aliphatic carbocycles. The summed E-state index contributed by atoms with van der Waals surface area (Å²) in [4.78, 5) is 9.59. The van der Waals surface area contributed by atoms with E-state index in [1.807, 2.05) is 71.0 Å². The summed E-state index contributed by atoms with van der Waals surface area (Å²) in [5.74, 6) is -0.426. The molecule has 8 heteroatoms. The van der Waals surface area contributed by atoms with Crippen LogP contribution in [0.5, 0.6) is 11.5 Å². The Bertz CT molecular complexity index is 1270. The number of phenolic OH excluding ortho intramolecular Hbond substituents is 2. The second-order valence-corrected chi connectivity index (χ2v) is 13.2. The fourth-order valence-electron chi connectivity index (χ4n) is 5.41. The van der Waals surface area contributed by atoms with Crippen LogP contribution in [-0.4, -0.2) is 72.7 Å². The van der Waals surface area contributed by atoms with Crippen molar-refractivity contribution in [1.29, 1.82) is 0 Å². The highest BCUT2D eigenvalue weighted by Gasteiger charge is 2.58. The lowest BCUT2D eigenvalue weighted by Gasteiger charge is -2.43. The lowest BCUT2D eigenvalue weighted by molar-refractivity contribution is -0.211. The zero-order chi connectivity index (χ0) is 29.5. The average Bonchev–Trinajstić information content (AvgIpc) is 3.16. The van der Waals surface area contributed by atoms with Gasteiger partial charge >= 0.3 is 0 Å². The first-order chi connectivity index (χ1) is 18.6. The predicted octanol–water partition coefficient (Wildman–Crippen LogP) is 5.49. The molecule has 218 valence electrons. The Hall–Kier alpha value is -2.78. The number of rotatable bonds is 6. The van der Waals surface area contributed by atoms with Gasteiger partial charge < -0.3 is 29.2 Å². The minimum Gasteiger partial charge on any atom is -0.507 e. The number of hydrogen-bond acceptors (Lipinski definition) is 8. The highest BCUT2D eigenvalue weighted by atomic mass is 16.8. The van der Waals surface area contributed by atoms with Gasteiger partial charge in [0.1, 0.15) is 29.8 Å². The highest BCUT2D eigenvalue weighted by Crippen LogP contribution is 2.41. The lowest BCUT2D eigenvalue weighted by Crippen LogP contribution is -2.61. The second kappa shape index (κ2) is 10.9. The third-order valence-corrected chi connectivity index (χ3v) is 7.44. The molecule has 0 saturated carbocycles. The number of aliphatic imine (C=N–C) groups is 2. The summed E-state index contributed by atoms with van der Waals surface area (Å²) in [6.07, 6.45) is 1.84. The van der Waals surface area contributed by atoms with Crippen molar-refractivity contribution in [2.24, 2.45) is 9.98 Å². The van der Waals surface area contributed by atoms with Crippen LogP contribution in [0.4, 0.5) is 0 Å². The van der Waals surface area contributed by atoms with Gasteiger partial charge in [-0.15, -0.1) is 0 Å². The molecule has 2 aliphatic heterocycles. The SMILES string of the molecule is COC1C2OC(C)(C)O[C@H]2COC1(CN=Cc1cccc(C(C)(C)C)c1O)/N=C/c1cccc(C(C)(C)C)c1O. The number of ether oxygens (including phenoxy) is 4. The van der Waals surface area contributed by atoms with Gasteiger partial charge in [0.25, 0.3) is 0 Å². The van der Waals surface area contributed by atoms with E-state index in [2.05, 4.69) is 20.8 Å². The van der Waals surface area contributed by atoms with Crippen molar-refractivity contribution in [2.75, 3.05) is 20.3 Å². The van der Waals surface area contributed by atoms with Crippen LogP contribution in [0.15, 0.2) is 46.4 Å². The van der Waals surface area contributed by atoms with E-state index in [1.54, 1.807) is 19.5 Å². The maximum absolute atomic E-state index is 11.1. The molecule has 3 unspecified atom stereocenters. The molecule has 0 spiro atoms. The molecule has 0 bridgehead atoms. The molecule has 2 aliphatic rings. The monoisotopic (exact) mass is 552 g/mol. The normalized spacial score (nSPS) is 27.0. The zero-order valence-electron chi connectivity index (χ0n) is 25.2. The molecule has 2 aromatic rings. The largest absolute Gasteiger partial charge is 0.507 e. The Labute approximate surface area is 238 Å². The van der Waals surface area contributed by atoms with Crippen LogP contribution in [0.2, 0.25) is 0 Å². The van der Waals surface area contributed by atoms with Crippen LogP contribution in [0, 0.1) is 0 Å². The molecule has 2 heterocycles. The van der Waals surface area contributed by atoms with Crippen LogP contribution in [0.25, 0.3) is 0 Å². The summed E-state index contributed by atoms with van der Waals surface area (Å²) in [5, 5.41) is 22.0. The van der Waals surface area contributed by atoms with E-state index in [1.165, 1.54) is 0 Å². The van der Waals surface area contributed by atoms with Crippen molar-refractivity contribution in [3.05, 3.63) is 58.7 Å². The molecule has 4 rings (SSSR count). The van der Waals surface area contributed by atoms with Crippen molar-refractivity contribution < 1.29 is 29.2 Å². The molecule has 2 aromatic carbocycles. The topological polar surface area (TPSA) is 102 Å². The summed E-state index contributed by atoms with van der Waals surface area (Å²) in [6.45, 7) is 16.4. The molecule has 4 atom stereocenters.